The monoisotopic (exact) mass is 394 g/mol. The van der Waals surface area contributed by atoms with Crippen molar-refractivity contribution >= 4 is 33.2 Å². The number of halogens is 1. The molecule has 0 aliphatic heterocycles. The molecule has 5 nitrogen and oxygen atoms in total. The van der Waals surface area contributed by atoms with Crippen molar-refractivity contribution in [3.63, 3.8) is 0 Å². The van der Waals surface area contributed by atoms with Crippen LogP contribution < -0.4 is 9.62 Å². The molecule has 1 N–H and O–H groups in total. The highest BCUT2D eigenvalue weighted by molar-refractivity contribution is 7.92. The second-order valence-electron chi connectivity index (χ2n) is 6.27. The number of carbonyl (C=O) groups is 1. The van der Waals surface area contributed by atoms with E-state index in [1.54, 1.807) is 31.2 Å². The van der Waals surface area contributed by atoms with Gasteiger partial charge < -0.3 is 5.32 Å². The fraction of sp³-hybridized carbons (Fsp3) is 0.316. The average Bonchev–Trinajstić information content (AvgIpc) is 2.60. The van der Waals surface area contributed by atoms with Crippen molar-refractivity contribution < 1.29 is 13.2 Å². The highest BCUT2D eigenvalue weighted by Gasteiger charge is 2.29. The van der Waals surface area contributed by atoms with Crippen molar-refractivity contribution in [2.75, 3.05) is 17.1 Å². The molecule has 0 saturated carbocycles. The van der Waals surface area contributed by atoms with Gasteiger partial charge in [0.25, 0.3) is 0 Å². The molecule has 2 atom stereocenters. The Morgan fingerprint density at radius 2 is 1.65 bits per heavy atom. The summed E-state index contributed by atoms with van der Waals surface area (Å²) in [7, 11) is -3.64. The zero-order valence-corrected chi connectivity index (χ0v) is 16.6. The Labute approximate surface area is 160 Å². The topological polar surface area (TPSA) is 66.5 Å². The van der Waals surface area contributed by atoms with E-state index < -0.39 is 16.1 Å². The van der Waals surface area contributed by atoms with E-state index in [1.807, 2.05) is 37.3 Å². The number of nitrogens with zero attached hydrogens (tertiary/aromatic N) is 1. The number of anilines is 1. The molecule has 0 spiro atoms. The molecule has 2 aromatic rings. The number of carbonyl (C=O) groups excluding carboxylic acids is 1. The highest BCUT2D eigenvalue weighted by atomic mass is 35.5. The minimum Gasteiger partial charge on any atom is -0.354 e. The molecule has 0 heterocycles. The van der Waals surface area contributed by atoms with E-state index in [2.05, 4.69) is 5.32 Å². The summed E-state index contributed by atoms with van der Waals surface area (Å²) < 4.78 is 25.6. The van der Waals surface area contributed by atoms with Gasteiger partial charge in [0.2, 0.25) is 15.9 Å². The molecule has 2 rings (SSSR count). The Hall–Kier alpha value is -2.05. The third-order valence-corrected chi connectivity index (χ3v) is 5.61. The number of benzene rings is 2. The van der Waals surface area contributed by atoms with Crippen LogP contribution in [0.4, 0.5) is 5.69 Å². The Morgan fingerprint density at radius 1 is 1.08 bits per heavy atom. The van der Waals surface area contributed by atoms with Gasteiger partial charge in [0.15, 0.2) is 0 Å². The minimum atomic E-state index is -3.64. The summed E-state index contributed by atoms with van der Waals surface area (Å²) in [5, 5.41) is 3.34. The van der Waals surface area contributed by atoms with Crippen LogP contribution in [0.5, 0.6) is 0 Å². The molecule has 0 aliphatic rings. The molecule has 140 valence electrons. The molecule has 7 heteroatoms. The number of hydrogen-bond acceptors (Lipinski definition) is 3. The summed E-state index contributed by atoms with van der Waals surface area (Å²) in [5.41, 5.74) is 1.51. The van der Waals surface area contributed by atoms with E-state index in [0.717, 1.165) is 16.1 Å². The molecule has 0 bridgehead atoms. The molecule has 2 unspecified atom stereocenters. The largest absolute Gasteiger partial charge is 0.354 e. The van der Waals surface area contributed by atoms with E-state index in [9.17, 15) is 13.2 Å². The number of sulfonamides is 1. The Bertz CT molecular complexity index is 839. The van der Waals surface area contributed by atoms with Crippen LogP contribution in [0.1, 0.15) is 25.3 Å². The molecule has 0 saturated heterocycles. The lowest BCUT2D eigenvalue weighted by Crippen LogP contribution is -2.48. The second kappa shape index (κ2) is 8.56. The Kier molecular flexibility index (Phi) is 6.67. The molecule has 0 radical (unpaired) electrons. The van der Waals surface area contributed by atoms with Gasteiger partial charge >= 0.3 is 0 Å². The predicted octanol–water partition coefficient (Wildman–Crippen LogP) is 3.41. The summed E-state index contributed by atoms with van der Waals surface area (Å²) in [4.78, 5) is 12.6. The quantitative estimate of drug-likeness (QED) is 0.782. The van der Waals surface area contributed by atoms with Gasteiger partial charge in [-0.3, -0.25) is 9.10 Å². The van der Waals surface area contributed by atoms with Crippen molar-refractivity contribution in [1.82, 2.24) is 5.32 Å². The van der Waals surface area contributed by atoms with Gasteiger partial charge in [0.1, 0.15) is 6.04 Å². The standard InChI is InChI=1S/C19H23ClN2O3S/c1-14(16-7-5-4-6-8-16)13-21-19(23)15(2)22(26(3,24)25)18-11-9-17(20)10-12-18/h4-12,14-15H,13H2,1-3H3,(H,21,23). The first-order valence-corrected chi connectivity index (χ1v) is 10.5. The molecular weight excluding hydrogens is 372 g/mol. The van der Waals surface area contributed by atoms with Gasteiger partial charge in [-0.15, -0.1) is 0 Å². The maximum atomic E-state index is 12.6. The first-order valence-electron chi connectivity index (χ1n) is 8.27. The third-order valence-electron chi connectivity index (χ3n) is 4.12. The Balaban J connectivity index is 2.11. The van der Waals surface area contributed by atoms with Crippen LogP contribution in [0.15, 0.2) is 54.6 Å². The summed E-state index contributed by atoms with van der Waals surface area (Å²) in [6.07, 6.45) is 1.08. The van der Waals surface area contributed by atoms with Crippen molar-refractivity contribution in [3.05, 3.63) is 65.2 Å². The van der Waals surface area contributed by atoms with Crippen molar-refractivity contribution in [1.29, 1.82) is 0 Å². The lowest BCUT2D eigenvalue weighted by Gasteiger charge is -2.28. The molecule has 0 fully saturated rings. The van der Waals surface area contributed by atoms with Gasteiger partial charge in [-0.05, 0) is 42.7 Å². The van der Waals surface area contributed by atoms with Gasteiger partial charge in [0.05, 0.1) is 11.9 Å². The van der Waals surface area contributed by atoms with E-state index in [-0.39, 0.29) is 11.8 Å². The van der Waals surface area contributed by atoms with Crippen LogP contribution in [0.2, 0.25) is 5.02 Å². The highest BCUT2D eigenvalue weighted by Crippen LogP contribution is 2.23. The maximum Gasteiger partial charge on any atom is 0.243 e. The third kappa shape index (κ3) is 5.22. The fourth-order valence-corrected chi connectivity index (χ4v) is 4.00. The Morgan fingerprint density at radius 3 is 2.19 bits per heavy atom. The summed E-state index contributed by atoms with van der Waals surface area (Å²) >= 11 is 5.87. The number of hydrogen-bond donors (Lipinski definition) is 1. The van der Waals surface area contributed by atoms with E-state index in [1.165, 1.54) is 0 Å². The van der Waals surface area contributed by atoms with Gasteiger partial charge in [-0.2, -0.15) is 0 Å². The summed E-state index contributed by atoms with van der Waals surface area (Å²) in [6, 6.07) is 15.3. The van der Waals surface area contributed by atoms with Crippen LogP contribution in [-0.4, -0.2) is 33.2 Å². The molecule has 0 aromatic heterocycles. The van der Waals surface area contributed by atoms with E-state index in [0.29, 0.717) is 17.3 Å². The molecule has 1 amide bonds. The normalized spacial score (nSPS) is 13.7. The van der Waals surface area contributed by atoms with Crippen molar-refractivity contribution in [2.45, 2.75) is 25.8 Å². The lowest BCUT2D eigenvalue weighted by atomic mass is 10.0. The molecule has 0 aliphatic carbocycles. The average molecular weight is 395 g/mol. The number of nitrogens with one attached hydrogen (secondary N) is 1. The van der Waals surface area contributed by atoms with Gasteiger partial charge in [-0.1, -0.05) is 48.9 Å². The maximum absolute atomic E-state index is 12.6. The van der Waals surface area contributed by atoms with Crippen LogP contribution in [-0.2, 0) is 14.8 Å². The van der Waals surface area contributed by atoms with Crippen LogP contribution in [0.25, 0.3) is 0 Å². The number of amides is 1. The van der Waals surface area contributed by atoms with Crippen LogP contribution >= 0.6 is 11.6 Å². The second-order valence-corrected chi connectivity index (χ2v) is 8.56. The van der Waals surface area contributed by atoms with Crippen molar-refractivity contribution in [2.24, 2.45) is 0 Å². The lowest BCUT2D eigenvalue weighted by molar-refractivity contribution is -0.121. The number of rotatable bonds is 7. The molecule has 2 aromatic carbocycles. The zero-order valence-electron chi connectivity index (χ0n) is 15.0. The van der Waals surface area contributed by atoms with E-state index in [4.69, 9.17) is 11.6 Å². The summed E-state index contributed by atoms with van der Waals surface area (Å²) in [5.74, 6) is -0.234. The van der Waals surface area contributed by atoms with Gasteiger partial charge in [0, 0.05) is 11.6 Å². The molecular formula is C19H23ClN2O3S. The first-order chi connectivity index (χ1) is 12.2. The zero-order chi connectivity index (χ0) is 19.3. The molecule has 26 heavy (non-hydrogen) atoms. The first kappa shape index (κ1) is 20.3. The van der Waals surface area contributed by atoms with Crippen LogP contribution in [0, 0.1) is 0 Å². The smallest absolute Gasteiger partial charge is 0.243 e. The van der Waals surface area contributed by atoms with E-state index >= 15 is 0 Å². The predicted molar refractivity (Wildman–Crippen MR) is 106 cm³/mol. The summed E-state index contributed by atoms with van der Waals surface area (Å²) in [6.45, 7) is 4.00. The fourth-order valence-electron chi connectivity index (χ4n) is 2.70. The van der Waals surface area contributed by atoms with Gasteiger partial charge in [-0.25, -0.2) is 8.42 Å². The van der Waals surface area contributed by atoms with Crippen LogP contribution in [0.3, 0.4) is 0 Å². The SMILES string of the molecule is CC(CNC(=O)C(C)N(c1ccc(Cl)cc1)S(C)(=O)=O)c1ccccc1. The van der Waals surface area contributed by atoms with Crippen molar-refractivity contribution in [3.8, 4) is 0 Å². The minimum absolute atomic E-state index is 0.120.